The lowest BCUT2D eigenvalue weighted by atomic mass is 10.2. The van der Waals surface area contributed by atoms with E-state index in [1.54, 1.807) is 0 Å². The third kappa shape index (κ3) is 5.64. The summed E-state index contributed by atoms with van der Waals surface area (Å²) in [6.45, 7) is -0.490. The van der Waals surface area contributed by atoms with Crippen molar-refractivity contribution in [3.8, 4) is 5.75 Å². The lowest BCUT2D eigenvalue weighted by Crippen LogP contribution is -2.33. The largest absolute Gasteiger partial charge is 0.494 e. The molecule has 0 saturated carbocycles. The van der Waals surface area contributed by atoms with Gasteiger partial charge in [0.05, 0.1) is 12.8 Å². The molecule has 1 aromatic rings. The van der Waals surface area contributed by atoms with Gasteiger partial charge in [0.1, 0.15) is 12.3 Å². The molecule has 1 aromatic carbocycles. The van der Waals surface area contributed by atoms with Crippen molar-refractivity contribution in [3.63, 3.8) is 0 Å². The van der Waals surface area contributed by atoms with Crippen LogP contribution in [-0.2, 0) is 14.5 Å². The molecule has 0 radical (unpaired) electrons. The van der Waals surface area contributed by atoms with Gasteiger partial charge in [-0.3, -0.25) is 4.79 Å². The minimum absolute atomic E-state index is 0.0878. The molecule has 10 heteroatoms. The number of ether oxygens (including phenoxy) is 1. The Hall–Kier alpha value is -2.23. The van der Waals surface area contributed by atoms with Crippen LogP contribution in [0.4, 0.5) is 19.3 Å². The van der Waals surface area contributed by atoms with Crippen LogP contribution in [0.15, 0.2) is 16.5 Å². The standard InChI is InChI=1S/C12H15F2N3O4S/c1-21-10-5-8(14)7(13)4-9(10)16-12(19)15-6-11(18)17-22(2,3)20/h4-5H,6H2,1-3H3,(H2,15,16,19). The van der Waals surface area contributed by atoms with Crippen LogP contribution in [-0.4, -0.2) is 42.3 Å². The number of nitrogens with one attached hydrogen (secondary N) is 2. The molecule has 1 rings (SSSR count). The predicted molar refractivity (Wildman–Crippen MR) is 77.4 cm³/mol. The first-order chi connectivity index (χ1) is 10.1. The summed E-state index contributed by atoms with van der Waals surface area (Å²) < 4.78 is 45.6. The molecule has 0 bridgehead atoms. The Labute approximate surface area is 126 Å². The molecule has 122 valence electrons. The fraction of sp³-hybridized carbons (Fsp3) is 0.333. The van der Waals surface area contributed by atoms with Gasteiger partial charge in [0.25, 0.3) is 5.91 Å². The van der Waals surface area contributed by atoms with Gasteiger partial charge >= 0.3 is 6.03 Å². The van der Waals surface area contributed by atoms with Crippen LogP contribution in [0.3, 0.4) is 0 Å². The molecule has 3 amide bonds. The molecule has 0 atom stereocenters. The summed E-state index contributed by atoms with van der Waals surface area (Å²) in [7, 11) is -1.39. The van der Waals surface area contributed by atoms with Crippen LogP contribution in [0, 0.1) is 11.6 Å². The Balaban J connectivity index is 2.72. The number of hydrogen-bond acceptors (Lipinski definition) is 4. The second kappa shape index (κ2) is 7.16. The minimum atomic E-state index is -2.61. The molecule has 22 heavy (non-hydrogen) atoms. The highest BCUT2D eigenvalue weighted by Crippen LogP contribution is 2.26. The van der Waals surface area contributed by atoms with Gasteiger partial charge < -0.3 is 15.4 Å². The highest BCUT2D eigenvalue weighted by atomic mass is 32.2. The van der Waals surface area contributed by atoms with Crippen LogP contribution in [0.1, 0.15) is 0 Å². The van der Waals surface area contributed by atoms with E-state index in [1.807, 2.05) is 0 Å². The van der Waals surface area contributed by atoms with Gasteiger partial charge in [-0.05, 0) is 0 Å². The molecule has 0 unspecified atom stereocenters. The van der Waals surface area contributed by atoms with E-state index in [9.17, 15) is 22.6 Å². The van der Waals surface area contributed by atoms with Gasteiger partial charge in [-0.1, -0.05) is 0 Å². The molecule has 0 heterocycles. The summed E-state index contributed by atoms with van der Waals surface area (Å²) in [4.78, 5) is 22.9. The van der Waals surface area contributed by atoms with E-state index in [2.05, 4.69) is 15.0 Å². The summed E-state index contributed by atoms with van der Waals surface area (Å²) in [5.41, 5.74) is -0.113. The molecule has 0 aromatic heterocycles. The Morgan fingerprint density at radius 2 is 1.86 bits per heavy atom. The number of hydrogen-bond donors (Lipinski definition) is 2. The number of halogens is 2. The van der Waals surface area contributed by atoms with Crippen molar-refractivity contribution in [1.29, 1.82) is 0 Å². The normalized spacial score (nSPS) is 10.8. The highest BCUT2D eigenvalue weighted by molar-refractivity contribution is 7.92. The Kier molecular flexibility index (Phi) is 5.80. The van der Waals surface area contributed by atoms with Gasteiger partial charge in [-0.25, -0.2) is 17.8 Å². The van der Waals surface area contributed by atoms with Gasteiger partial charge in [-0.2, -0.15) is 4.36 Å². The second-order valence-electron chi connectivity index (χ2n) is 4.44. The van der Waals surface area contributed by atoms with Crippen molar-refractivity contribution < 1.29 is 27.3 Å². The van der Waals surface area contributed by atoms with E-state index >= 15 is 0 Å². The van der Waals surface area contributed by atoms with E-state index in [0.717, 1.165) is 12.1 Å². The van der Waals surface area contributed by atoms with Crippen LogP contribution >= 0.6 is 0 Å². The maximum Gasteiger partial charge on any atom is 0.319 e. The Bertz CT molecular complexity index is 707. The average molecular weight is 335 g/mol. The highest BCUT2D eigenvalue weighted by Gasteiger charge is 2.13. The number of rotatable bonds is 4. The third-order valence-corrected chi connectivity index (χ3v) is 2.86. The lowest BCUT2D eigenvalue weighted by molar-refractivity contribution is -0.116. The SMILES string of the molecule is COc1cc(F)c(F)cc1NC(=O)NCC(=O)N=S(C)(C)=O. The molecule has 0 aliphatic heterocycles. The minimum Gasteiger partial charge on any atom is -0.494 e. The molecule has 2 N–H and O–H groups in total. The van der Waals surface area contributed by atoms with E-state index in [4.69, 9.17) is 4.74 Å². The summed E-state index contributed by atoms with van der Waals surface area (Å²) in [5, 5.41) is 4.35. The van der Waals surface area contributed by atoms with Crippen LogP contribution in [0.2, 0.25) is 0 Å². The molecule has 0 aliphatic carbocycles. The summed E-state index contributed by atoms with van der Waals surface area (Å²) in [5.74, 6) is -3.16. The van der Waals surface area contributed by atoms with Crippen LogP contribution in [0.5, 0.6) is 5.75 Å². The Morgan fingerprint density at radius 1 is 1.27 bits per heavy atom. The molecule has 7 nitrogen and oxygen atoms in total. The van der Waals surface area contributed by atoms with E-state index in [1.165, 1.54) is 19.6 Å². The lowest BCUT2D eigenvalue weighted by Gasteiger charge is -2.11. The topological polar surface area (TPSA) is 96.9 Å². The number of methoxy groups -OCH3 is 1. The van der Waals surface area contributed by atoms with Gasteiger partial charge in [0.15, 0.2) is 11.6 Å². The summed E-state index contributed by atoms with van der Waals surface area (Å²) in [6, 6.07) is 0.658. The average Bonchev–Trinajstić information content (AvgIpc) is 2.38. The first-order valence-electron chi connectivity index (χ1n) is 5.90. The smallest absolute Gasteiger partial charge is 0.319 e. The maximum atomic E-state index is 13.1. The Morgan fingerprint density at radius 3 is 2.41 bits per heavy atom. The summed E-state index contributed by atoms with van der Waals surface area (Å²) >= 11 is 0. The van der Waals surface area contributed by atoms with Gasteiger partial charge in [-0.15, -0.1) is 0 Å². The predicted octanol–water partition coefficient (Wildman–Crippen LogP) is 1.35. The molecular weight excluding hydrogens is 320 g/mol. The monoisotopic (exact) mass is 335 g/mol. The third-order valence-electron chi connectivity index (χ3n) is 2.21. The zero-order valence-electron chi connectivity index (χ0n) is 12.1. The number of amides is 3. The molecule has 0 aliphatic rings. The van der Waals surface area contributed by atoms with E-state index < -0.39 is 39.8 Å². The second-order valence-corrected chi connectivity index (χ2v) is 6.99. The van der Waals surface area contributed by atoms with Crippen molar-refractivity contribution in [1.82, 2.24) is 5.32 Å². The van der Waals surface area contributed by atoms with E-state index in [0.29, 0.717) is 0 Å². The molecule has 0 fully saturated rings. The first-order valence-corrected chi connectivity index (χ1v) is 8.23. The van der Waals surface area contributed by atoms with Crippen LogP contribution < -0.4 is 15.4 Å². The molecular formula is C12H15F2N3O4S. The number of nitrogens with zero attached hydrogens (tertiary/aromatic N) is 1. The number of urea groups is 1. The van der Waals surface area contributed by atoms with Crippen molar-refractivity contribution in [2.45, 2.75) is 0 Å². The van der Waals surface area contributed by atoms with Crippen molar-refractivity contribution in [2.24, 2.45) is 4.36 Å². The zero-order valence-corrected chi connectivity index (χ0v) is 12.9. The zero-order chi connectivity index (χ0) is 16.9. The fourth-order valence-corrected chi connectivity index (χ4v) is 1.95. The van der Waals surface area contributed by atoms with Crippen LogP contribution in [0.25, 0.3) is 0 Å². The van der Waals surface area contributed by atoms with Gasteiger partial charge in [0.2, 0.25) is 0 Å². The number of anilines is 1. The molecule has 0 spiro atoms. The van der Waals surface area contributed by atoms with Crippen molar-refractivity contribution in [2.75, 3.05) is 31.5 Å². The number of carbonyl (C=O) groups excluding carboxylic acids is 2. The quantitative estimate of drug-likeness (QED) is 0.868. The maximum absolute atomic E-state index is 13.1. The summed E-state index contributed by atoms with van der Waals surface area (Å²) in [6.07, 6.45) is 2.55. The fourth-order valence-electron chi connectivity index (χ4n) is 1.40. The van der Waals surface area contributed by atoms with Crippen molar-refractivity contribution in [3.05, 3.63) is 23.8 Å². The molecule has 0 saturated heterocycles. The number of carbonyl (C=O) groups is 2. The van der Waals surface area contributed by atoms with Gasteiger partial charge in [0, 0.05) is 34.4 Å². The first kappa shape index (κ1) is 17.8. The van der Waals surface area contributed by atoms with Crippen molar-refractivity contribution >= 4 is 27.4 Å². The number of benzene rings is 1. The van der Waals surface area contributed by atoms with E-state index in [-0.39, 0.29) is 11.4 Å².